The molecule has 7 heterocycles. The highest BCUT2D eigenvalue weighted by Gasteiger charge is 2.46. The zero-order valence-electron chi connectivity index (χ0n) is 33.0. The van der Waals surface area contributed by atoms with Crippen molar-refractivity contribution in [3.05, 3.63) is 82.3 Å². The van der Waals surface area contributed by atoms with Gasteiger partial charge < -0.3 is 19.6 Å². The van der Waals surface area contributed by atoms with Gasteiger partial charge in [-0.2, -0.15) is 0 Å². The molecule has 58 heavy (non-hydrogen) atoms. The van der Waals surface area contributed by atoms with Crippen LogP contribution >= 0.6 is 11.6 Å². The van der Waals surface area contributed by atoms with E-state index in [2.05, 4.69) is 59.9 Å². The lowest BCUT2D eigenvalue weighted by Gasteiger charge is -2.41. The number of benzene rings is 2. The van der Waals surface area contributed by atoms with E-state index in [-0.39, 0.29) is 24.2 Å². The Kier molecular flexibility index (Phi) is 10.3. The first-order valence-corrected chi connectivity index (χ1v) is 21.2. The number of carbonyl (C=O) groups excluding carboxylic acids is 4. The standard InChI is InChI=1S/C44H50ClN9O4/c1-29-25-44(28-53(29)32-4-7-37(46-2)36(45)24-32)13-17-52(18-14-44)39-9-5-33(26-47-39)51-21-19-49(20-22-51)27-30-11-15-50(16-12-30)31-3-6-34-35(23-31)43(58)54(42(34)57)38-8-10-40(55)48-41(38)56/h3-7,9,23-24,26,29-30,38H,8,10-22,25,27-28H2,1H3,(H,48,55,56)/t29-,38?/m0/s1. The maximum atomic E-state index is 13.3. The highest BCUT2D eigenvalue weighted by atomic mass is 35.5. The quantitative estimate of drug-likeness (QED) is 0.239. The molecule has 9 rings (SSSR count). The summed E-state index contributed by atoms with van der Waals surface area (Å²) in [5.74, 6) is -0.255. The zero-order valence-corrected chi connectivity index (χ0v) is 33.8. The molecule has 2 aromatic carbocycles. The van der Waals surface area contributed by atoms with E-state index < -0.39 is 23.8 Å². The molecule has 4 amide bonds. The lowest BCUT2D eigenvalue weighted by Crippen LogP contribution is -2.54. The average molecular weight is 804 g/mol. The number of piperazine rings is 1. The number of hydrogen-bond donors (Lipinski definition) is 1. The molecule has 5 saturated heterocycles. The van der Waals surface area contributed by atoms with Crippen molar-refractivity contribution < 1.29 is 19.2 Å². The Labute approximate surface area is 344 Å². The summed E-state index contributed by atoms with van der Waals surface area (Å²) in [5.41, 5.74) is 4.65. The van der Waals surface area contributed by atoms with E-state index in [0.29, 0.717) is 33.8 Å². The van der Waals surface area contributed by atoms with Gasteiger partial charge in [-0.05, 0) is 99.2 Å². The van der Waals surface area contributed by atoms with E-state index in [1.807, 2.05) is 24.3 Å². The first-order valence-electron chi connectivity index (χ1n) is 20.8. The Bertz CT molecular complexity index is 2150. The molecule has 1 aromatic heterocycles. The minimum atomic E-state index is -0.957. The molecular weight excluding hydrogens is 754 g/mol. The number of pyridine rings is 1. The summed E-state index contributed by atoms with van der Waals surface area (Å²) in [6.45, 7) is 19.5. The van der Waals surface area contributed by atoms with Crippen LogP contribution in [0.25, 0.3) is 4.85 Å². The Morgan fingerprint density at radius 2 is 1.52 bits per heavy atom. The molecule has 6 aliphatic rings. The van der Waals surface area contributed by atoms with Crippen LogP contribution in [0, 0.1) is 17.9 Å². The highest BCUT2D eigenvalue weighted by Crippen LogP contribution is 2.46. The number of amides is 4. The molecule has 14 heteroatoms. The number of halogens is 1. The number of hydrogen-bond acceptors (Lipinski definition) is 10. The Morgan fingerprint density at radius 3 is 2.21 bits per heavy atom. The van der Waals surface area contributed by atoms with Gasteiger partial charge >= 0.3 is 0 Å². The van der Waals surface area contributed by atoms with Crippen LogP contribution in [0.15, 0.2) is 54.7 Å². The predicted molar refractivity (Wildman–Crippen MR) is 224 cm³/mol. The molecular formula is C44H50ClN9O4. The molecule has 6 aliphatic heterocycles. The van der Waals surface area contributed by atoms with Gasteiger partial charge in [-0.15, -0.1) is 0 Å². The first-order chi connectivity index (χ1) is 28.1. The monoisotopic (exact) mass is 803 g/mol. The van der Waals surface area contributed by atoms with Gasteiger partial charge in [-0.1, -0.05) is 17.7 Å². The van der Waals surface area contributed by atoms with Gasteiger partial charge in [-0.3, -0.25) is 34.3 Å². The lowest BCUT2D eigenvalue weighted by molar-refractivity contribution is -0.136. The van der Waals surface area contributed by atoms with Crippen LogP contribution < -0.4 is 24.9 Å². The van der Waals surface area contributed by atoms with Crippen LogP contribution in [0.1, 0.15) is 72.6 Å². The summed E-state index contributed by atoms with van der Waals surface area (Å²) < 4.78 is 0. The number of carbonyl (C=O) groups is 4. The van der Waals surface area contributed by atoms with Crippen LogP contribution in [0.3, 0.4) is 0 Å². The number of piperidine rings is 3. The minimum Gasteiger partial charge on any atom is -0.371 e. The van der Waals surface area contributed by atoms with Gasteiger partial charge in [0.05, 0.1) is 29.6 Å². The second kappa shape index (κ2) is 15.5. The normalized spacial score (nSPS) is 24.1. The van der Waals surface area contributed by atoms with Crippen molar-refractivity contribution in [3.8, 4) is 0 Å². The van der Waals surface area contributed by atoms with Gasteiger partial charge in [0.15, 0.2) is 0 Å². The molecule has 1 spiro atoms. The fourth-order valence-corrected chi connectivity index (χ4v) is 10.6. The van der Waals surface area contributed by atoms with Gasteiger partial charge in [0.2, 0.25) is 17.5 Å². The molecule has 1 unspecified atom stereocenters. The molecule has 1 N–H and O–H groups in total. The third-order valence-corrected chi connectivity index (χ3v) is 14.0. The lowest BCUT2D eigenvalue weighted by atomic mass is 9.77. The molecule has 0 aliphatic carbocycles. The SMILES string of the molecule is [C-]#[N+]c1ccc(N2CC3(CCN(c4ccc(N5CCN(CC6CCN(c7ccc8c(c7)C(=O)N(C7CCC(=O)NC7=O)C8=O)CC6)CC5)cn4)CC3)C[C@@H]2C)cc1Cl. The Morgan fingerprint density at radius 1 is 0.810 bits per heavy atom. The van der Waals surface area contributed by atoms with Crippen molar-refractivity contribution in [2.24, 2.45) is 11.3 Å². The summed E-state index contributed by atoms with van der Waals surface area (Å²) in [7, 11) is 0. The van der Waals surface area contributed by atoms with E-state index in [1.54, 1.807) is 12.1 Å². The number of nitrogens with zero attached hydrogens (tertiary/aromatic N) is 8. The highest BCUT2D eigenvalue weighted by molar-refractivity contribution is 6.33. The number of imide groups is 2. The van der Waals surface area contributed by atoms with E-state index in [0.717, 1.165) is 113 Å². The second-order valence-electron chi connectivity index (χ2n) is 17.2. The topological polar surface area (TPSA) is 117 Å². The second-order valence-corrected chi connectivity index (χ2v) is 17.6. The Balaban J connectivity index is 0.721. The average Bonchev–Trinajstić information content (AvgIpc) is 3.69. The van der Waals surface area contributed by atoms with Crippen LogP contribution in [-0.4, -0.2) is 116 Å². The fourth-order valence-electron chi connectivity index (χ4n) is 10.3. The summed E-state index contributed by atoms with van der Waals surface area (Å²) in [5, 5.41) is 2.78. The van der Waals surface area contributed by atoms with Crippen LogP contribution in [0.4, 0.5) is 28.6 Å². The molecule has 3 aromatic rings. The van der Waals surface area contributed by atoms with Crippen molar-refractivity contribution in [1.82, 2.24) is 20.1 Å². The maximum Gasteiger partial charge on any atom is 0.262 e. The van der Waals surface area contributed by atoms with Crippen molar-refractivity contribution in [1.29, 1.82) is 0 Å². The number of anilines is 4. The van der Waals surface area contributed by atoms with Gasteiger partial charge in [0, 0.05) is 94.3 Å². The number of rotatable bonds is 7. The number of fused-ring (bicyclic) bond motifs is 1. The van der Waals surface area contributed by atoms with E-state index in [9.17, 15) is 19.2 Å². The third-order valence-electron chi connectivity index (χ3n) is 13.7. The summed E-state index contributed by atoms with van der Waals surface area (Å²) in [6, 6.07) is 15.1. The summed E-state index contributed by atoms with van der Waals surface area (Å²) in [4.78, 5) is 72.3. The van der Waals surface area contributed by atoms with Gasteiger partial charge in [-0.25, -0.2) is 9.83 Å². The molecule has 302 valence electrons. The minimum absolute atomic E-state index is 0.105. The number of aromatic nitrogens is 1. The Hall–Kier alpha value is -5.19. The molecule has 0 radical (unpaired) electrons. The van der Waals surface area contributed by atoms with Crippen LogP contribution in [0.2, 0.25) is 5.02 Å². The van der Waals surface area contributed by atoms with Crippen LogP contribution in [-0.2, 0) is 9.59 Å². The molecule has 2 atom stereocenters. The summed E-state index contributed by atoms with van der Waals surface area (Å²) in [6.07, 6.45) is 7.85. The largest absolute Gasteiger partial charge is 0.371 e. The van der Waals surface area contributed by atoms with Gasteiger partial charge in [0.25, 0.3) is 11.8 Å². The predicted octanol–water partition coefficient (Wildman–Crippen LogP) is 5.61. The molecule has 5 fully saturated rings. The molecule has 0 bridgehead atoms. The smallest absolute Gasteiger partial charge is 0.262 e. The van der Waals surface area contributed by atoms with Crippen LogP contribution in [0.5, 0.6) is 0 Å². The van der Waals surface area contributed by atoms with Gasteiger partial charge in [0.1, 0.15) is 11.9 Å². The van der Waals surface area contributed by atoms with E-state index >= 15 is 0 Å². The van der Waals surface area contributed by atoms with Crippen molar-refractivity contribution in [2.45, 2.75) is 64.0 Å². The molecule has 13 nitrogen and oxygen atoms in total. The number of nitrogens with one attached hydrogen (secondary N) is 1. The fraction of sp³-hybridized carbons (Fsp3) is 0.500. The molecule has 0 saturated carbocycles. The summed E-state index contributed by atoms with van der Waals surface area (Å²) >= 11 is 6.40. The first kappa shape index (κ1) is 38.3. The van der Waals surface area contributed by atoms with E-state index in [4.69, 9.17) is 23.2 Å². The third kappa shape index (κ3) is 7.26. The maximum absolute atomic E-state index is 13.3. The van der Waals surface area contributed by atoms with E-state index in [1.165, 1.54) is 12.1 Å². The zero-order chi connectivity index (χ0) is 40.1. The van der Waals surface area contributed by atoms with Crippen molar-refractivity contribution >= 4 is 63.8 Å². The van der Waals surface area contributed by atoms with Crippen molar-refractivity contribution in [3.63, 3.8) is 0 Å². The van der Waals surface area contributed by atoms with Crippen molar-refractivity contribution in [2.75, 3.05) is 85.0 Å².